The zero-order valence-corrected chi connectivity index (χ0v) is 11.1. The summed E-state index contributed by atoms with van der Waals surface area (Å²) >= 11 is 12.4. The quantitative estimate of drug-likeness (QED) is 0.844. The number of halogens is 3. The maximum atomic E-state index is 10.8. The first kappa shape index (κ1) is 12.0. The van der Waals surface area contributed by atoms with Crippen LogP contribution in [0, 0.1) is 0 Å². The molecule has 1 unspecified atom stereocenters. The van der Waals surface area contributed by atoms with E-state index in [0.717, 1.165) is 10.0 Å². The van der Waals surface area contributed by atoms with E-state index in [2.05, 4.69) is 31.9 Å². The zero-order valence-electron chi connectivity index (χ0n) is 7.14. The molecule has 0 saturated carbocycles. The van der Waals surface area contributed by atoms with Crippen molar-refractivity contribution in [3.63, 3.8) is 0 Å². The standard InChI is InChI=1S/C9H8Br2ClNO/c10-6-2-1-5(4-8(6)12)3-7(11)9(13)14/h1-2,4,7H,3H2,(H2,13,14). The summed E-state index contributed by atoms with van der Waals surface area (Å²) in [5.74, 6) is -0.371. The van der Waals surface area contributed by atoms with Gasteiger partial charge in [-0.25, -0.2) is 0 Å². The molecular weight excluding hydrogens is 333 g/mol. The highest BCUT2D eigenvalue weighted by atomic mass is 79.9. The number of hydrogen-bond acceptors (Lipinski definition) is 1. The Bertz CT molecular complexity index is 357. The van der Waals surface area contributed by atoms with Crippen LogP contribution in [0.3, 0.4) is 0 Å². The number of carbonyl (C=O) groups is 1. The van der Waals surface area contributed by atoms with Gasteiger partial charge in [-0.2, -0.15) is 0 Å². The summed E-state index contributed by atoms with van der Waals surface area (Å²) in [6.45, 7) is 0. The van der Waals surface area contributed by atoms with Gasteiger partial charge in [0.15, 0.2) is 0 Å². The Kier molecular flexibility index (Phi) is 4.41. The van der Waals surface area contributed by atoms with E-state index in [1.165, 1.54) is 0 Å². The van der Waals surface area contributed by atoms with E-state index in [-0.39, 0.29) is 10.7 Å². The molecule has 0 bridgehead atoms. The highest BCUT2D eigenvalue weighted by Gasteiger charge is 2.11. The summed E-state index contributed by atoms with van der Waals surface area (Å²) in [5.41, 5.74) is 6.09. The molecule has 1 aromatic rings. The predicted octanol–water partition coefficient (Wildman–Crippen LogP) is 2.89. The van der Waals surface area contributed by atoms with E-state index in [9.17, 15) is 4.79 Å². The highest BCUT2D eigenvalue weighted by Crippen LogP contribution is 2.24. The van der Waals surface area contributed by atoms with E-state index >= 15 is 0 Å². The number of benzene rings is 1. The first-order chi connectivity index (χ1) is 6.50. The van der Waals surface area contributed by atoms with Crippen LogP contribution in [0.25, 0.3) is 0 Å². The largest absolute Gasteiger partial charge is 0.369 e. The smallest absolute Gasteiger partial charge is 0.231 e. The van der Waals surface area contributed by atoms with Gasteiger partial charge in [-0.1, -0.05) is 33.6 Å². The van der Waals surface area contributed by atoms with Crippen LogP contribution in [0.2, 0.25) is 5.02 Å². The molecule has 1 aromatic carbocycles. The molecule has 0 radical (unpaired) electrons. The third-order valence-corrected chi connectivity index (χ3v) is 3.72. The van der Waals surface area contributed by atoms with E-state index in [1.807, 2.05) is 18.2 Å². The molecule has 2 nitrogen and oxygen atoms in total. The first-order valence-corrected chi connectivity index (χ1v) is 5.96. The van der Waals surface area contributed by atoms with E-state index < -0.39 is 0 Å². The highest BCUT2D eigenvalue weighted by molar-refractivity contribution is 9.10. The third-order valence-electron chi connectivity index (χ3n) is 1.71. The summed E-state index contributed by atoms with van der Waals surface area (Å²) in [7, 11) is 0. The summed E-state index contributed by atoms with van der Waals surface area (Å²) in [6, 6.07) is 5.55. The SMILES string of the molecule is NC(=O)C(Br)Cc1ccc(Br)c(Cl)c1. The number of nitrogens with two attached hydrogens (primary N) is 1. The lowest BCUT2D eigenvalue weighted by atomic mass is 10.1. The van der Waals surface area contributed by atoms with Gasteiger partial charge in [0.25, 0.3) is 0 Å². The zero-order chi connectivity index (χ0) is 10.7. The maximum Gasteiger partial charge on any atom is 0.231 e. The molecule has 0 aliphatic heterocycles. The minimum atomic E-state index is -0.371. The van der Waals surface area contributed by atoms with Crippen LogP contribution in [0.4, 0.5) is 0 Å². The van der Waals surface area contributed by atoms with Crippen molar-refractivity contribution in [2.24, 2.45) is 5.73 Å². The van der Waals surface area contributed by atoms with E-state index in [1.54, 1.807) is 0 Å². The molecule has 76 valence electrons. The number of amides is 1. The average Bonchev–Trinajstić information content (AvgIpc) is 2.11. The Hall–Kier alpha value is -0.0600. The normalized spacial score (nSPS) is 12.5. The van der Waals surface area contributed by atoms with Gasteiger partial charge in [-0.05, 0) is 40.0 Å². The van der Waals surface area contributed by atoms with Gasteiger partial charge >= 0.3 is 0 Å². The Morgan fingerprint density at radius 2 is 2.21 bits per heavy atom. The third kappa shape index (κ3) is 3.26. The first-order valence-electron chi connectivity index (χ1n) is 3.88. The number of hydrogen-bond donors (Lipinski definition) is 1. The minimum Gasteiger partial charge on any atom is -0.369 e. The van der Waals surface area contributed by atoms with Crippen LogP contribution in [0.5, 0.6) is 0 Å². The molecule has 0 aromatic heterocycles. The number of alkyl halides is 1. The predicted molar refractivity (Wildman–Crippen MR) is 64.8 cm³/mol. The van der Waals surface area contributed by atoms with Gasteiger partial charge in [0, 0.05) is 4.47 Å². The minimum absolute atomic E-state index is 0.347. The summed E-state index contributed by atoms with van der Waals surface area (Å²) in [6.07, 6.45) is 0.544. The summed E-state index contributed by atoms with van der Waals surface area (Å²) in [5, 5.41) is 0.631. The second kappa shape index (κ2) is 5.14. The fraction of sp³-hybridized carbons (Fsp3) is 0.222. The molecule has 1 rings (SSSR count). The van der Waals surface area contributed by atoms with Crippen molar-refractivity contribution in [1.82, 2.24) is 0 Å². The van der Waals surface area contributed by atoms with Crippen LogP contribution in [-0.4, -0.2) is 10.7 Å². The molecular formula is C9H8Br2ClNO. The van der Waals surface area contributed by atoms with Gasteiger partial charge in [0.05, 0.1) is 9.85 Å². The van der Waals surface area contributed by atoms with Gasteiger partial charge < -0.3 is 5.73 Å². The van der Waals surface area contributed by atoms with Crippen molar-refractivity contribution in [1.29, 1.82) is 0 Å². The molecule has 14 heavy (non-hydrogen) atoms. The second-order valence-electron chi connectivity index (χ2n) is 2.82. The van der Waals surface area contributed by atoms with Crippen LogP contribution in [0.15, 0.2) is 22.7 Å². The molecule has 0 heterocycles. The lowest BCUT2D eigenvalue weighted by Crippen LogP contribution is -2.24. The van der Waals surface area contributed by atoms with Crippen molar-refractivity contribution in [2.75, 3.05) is 0 Å². The molecule has 5 heteroatoms. The molecule has 0 spiro atoms. The molecule has 1 atom stereocenters. The van der Waals surface area contributed by atoms with Crippen molar-refractivity contribution in [3.8, 4) is 0 Å². The molecule has 0 saturated heterocycles. The van der Waals surface area contributed by atoms with Gasteiger partial charge in [-0.3, -0.25) is 4.79 Å². The van der Waals surface area contributed by atoms with Crippen molar-refractivity contribution < 1.29 is 4.79 Å². The second-order valence-corrected chi connectivity index (χ2v) is 5.19. The molecule has 2 N–H and O–H groups in total. The number of carbonyl (C=O) groups excluding carboxylic acids is 1. The van der Waals surface area contributed by atoms with Crippen molar-refractivity contribution in [2.45, 2.75) is 11.2 Å². The van der Waals surface area contributed by atoms with E-state index in [4.69, 9.17) is 17.3 Å². The summed E-state index contributed by atoms with van der Waals surface area (Å²) in [4.78, 5) is 10.4. The van der Waals surface area contributed by atoms with Crippen LogP contribution >= 0.6 is 43.5 Å². The maximum absolute atomic E-state index is 10.8. The molecule has 0 aliphatic rings. The van der Waals surface area contributed by atoms with Gasteiger partial charge in [0.2, 0.25) is 5.91 Å². The molecule has 0 fully saturated rings. The van der Waals surface area contributed by atoms with E-state index in [0.29, 0.717) is 11.4 Å². The van der Waals surface area contributed by atoms with Crippen molar-refractivity contribution in [3.05, 3.63) is 33.3 Å². The topological polar surface area (TPSA) is 43.1 Å². The van der Waals surface area contributed by atoms with Gasteiger partial charge in [0.1, 0.15) is 0 Å². The molecule has 0 aliphatic carbocycles. The summed E-state index contributed by atoms with van der Waals surface area (Å²) < 4.78 is 0.841. The van der Waals surface area contributed by atoms with Crippen LogP contribution in [-0.2, 0) is 11.2 Å². The Balaban J connectivity index is 2.78. The lowest BCUT2D eigenvalue weighted by Gasteiger charge is -2.06. The monoisotopic (exact) mass is 339 g/mol. The van der Waals surface area contributed by atoms with Crippen LogP contribution < -0.4 is 5.73 Å². The fourth-order valence-electron chi connectivity index (χ4n) is 0.974. The van der Waals surface area contributed by atoms with Crippen LogP contribution in [0.1, 0.15) is 5.56 Å². The van der Waals surface area contributed by atoms with Gasteiger partial charge in [-0.15, -0.1) is 0 Å². The fourth-order valence-corrected chi connectivity index (χ4v) is 1.80. The molecule has 1 amide bonds. The number of primary amides is 1. The Morgan fingerprint density at radius 3 is 2.71 bits per heavy atom. The van der Waals surface area contributed by atoms with Crippen molar-refractivity contribution >= 4 is 49.4 Å². The Labute approximate surface area is 104 Å². The number of rotatable bonds is 3. The Morgan fingerprint density at radius 1 is 1.57 bits per heavy atom. The average molecular weight is 341 g/mol. The lowest BCUT2D eigenvalue weighted by molar-refractivity contribution is -0.117.